The van der Waals surface area contributed by atoms with Crippen LogP contribution in [0.2, 0.25) is 0 Å². The van der Waals surface area contributed by atoms with Crippen molar-refractivity contribution in [3.05, 3.63) is 29.6 Å². The summed E-state index contributed by atoms with van der Waals surface area (Å²) >= 11 is 0. The van der Waals surface area contributed by atoms with E-state index in [9.17, 15) is 22.8 Å². The highest BCUT2D eigenvalue weighted by Crippen LogP contribution is 2.31. The first-order valence-corrected chi connectivity index (χ1v) is 6.46. The van der Waals surface area contributed by atoms with Gasteiger partial charge in [0.25, 0.3) is 5.91 Å². The molecule has 8 heteroatoms. The summed E-state index contributed by atoms with van der Waals surface area (Å²) in [4.78, 5) is 26.8. The molecule has 5 nitrogen and oxygen atoms in total. The highest BCUT2D eigenvalue weighted by Gasteiger charge is 2.35. The van der Waals surface area contributed by atoms with E-state index in [0.717, 1.165) is 18.5 Å². The van der Waals surface area contributed by atoms with Crippen molar-refractivity contribution >= 4 is 11.8 Å². The molecular weight excluding hydrogens is 287 g/mol. The van der Waals surface area contributed by atoms with E-state index in [-0.39, 0.29) is 18.4 Å². The second kappa shape index (κ2) is 6.11. The molecule has 2 heterocycles. The second-order valence-corrected chi connectivity index (χ2v) is 4.77. The van der Waals surface area contributed by atoms with E-state index in [2.05, 4.69) is 15.6 Å². The van der Waals surface area contributed by atoms with Crippen molar-refractivity contribution in [2.24, 2.45) is 0 Å². The molecule has 0 spiro atoms. The molecule has 1 unspecified atom stereocenters. The molecule has 1 saturated heterocycles. The third-order valence-electron chi connectivity index (χ3n) is 3.24. The summed E-state index contributed by atoms with van der Waals surface area (Å²) < 4.78 is 38.5. The van der Waals surface area contributed by atoms with Gasteiger partial charge >= 0.3 is 6.18 Å². The number of halogens is 3. The zero-order valence-corrected chi connectivity index (χ0v) is 11.0. The van der Waals surface area contributed by atoms with Crippen molar-refractivity contribution in [2.75, 3.05) is 6.54 Å². The number of carbonyl (C=O) groups is 2. The van der Waals surface area contributed by atoms with Crippen LogP contribution < -0.4 is 10.6 Å². The van der Waals surface area contributed by atoms with Crippen LogP contribution in [0.3, 0.4) is 0 Å². The lowest BCUT2D eigenvalue weighted by atomic mass is 10.1. The van der Waals surface area contributed by atoms with E-state index < -0.39 is 23.2 Å². The van der Waals surface area contributed by atoms with Crippen molar-refractivity contribution in [2.45, 2.75) is 31.5 Å². The SMILES string of the molecule is O=C1CCC(NC(=O)c2cnccc2C(F)(F)F)CCN1. The molecule has 0 aromatic carbocycles. The third-order valence-corrected chi connectivity index (χ3v) is 3.24. The zero-order valence-electron chi connectivity index (χ0n) is 11.0. The molecular formula is C13H14F3N3O2. The van der Waals surface area contributed by atoms with Crippen LogP contribution in [-0.2, 0) is 11.0 Å². The number of nitrogens with one attached hydrogen (secondary N) is 2. The highest BCUT2D eigenvalue weighted by atomic mass is 19.4. The molecule has 2 N–H and O–H groups in total. The van der Waals surface area contributed by atoms with E-state index in [1.807, 2.05) is 0 Å². The quantitative estimate of drug-likeness (QED) is 0.869. The Labute approximate surface area is 118 Å². The first kappa shape index (κ1) is 15.3. The molecule has 1 aromatic rings. The molecule has 2 amide bonds. The van der Waals surface area contributed by atoms with Crippen molar-refractivity contribution < 1.29 is 22.8 Å². The van der Waals surface area contributed by atoms with Gasteiger partial charge in [0, 0.05) is 31.4 Å². The fourth-order valence-corrected chi connectivity index (χ4v) is 2.15. The smallest absolute Gasteiger partial charge is 0.356 e. The predicted octanol–water partition coefficient (Wildman–Crippen LogP) is 1.50. The molecule has 0 aliphatic carbocycles. The minimum Gasteiger partial charge on any atom is -0.356 e. The Morgan fingerprint density at radius 3 is 2.86 bits per heavy atom. The van der Waals surface area contributed by atoms with Crippen LogP contribution in [0.4, 0.5) is 13.2 Å². The Morgan fingerprint density at radius 1 is 1.38 bits per heavy atom. The normalized spacial score (nSPS) is 19.6. The Bertz CT molecular complexity index is 546. The monoisotopic (exact) mass is 301 g/mol. The first-order chi connectivity index (χ1) is 9.88. The van der Waals surface area contributed by atoms with Gasteiger partial charge in [-0.25, -0.2) is 0 Å². The molecule has 0 saturated carbocycles. The third kappa shape index (κ3) is 3.93. The minimum absolute atomic E-state index is 0.121. The molecule has 21 heavy (non-hydrogen) atoms. The van der Waals surface area contributed by atoms with Gasteiger partial charge in [-0.1, -0.05) is 0 Å². The number of aromatic nitrogens is 1. The molecule has 1 fully saturated rings. The standard InChI is InChI=1S/C13H14F3N3O2/c14-13(15,16)10-4-5-17-7-9(10)12(21)19-8-1-2-11(20)18-6-3-8/h4-5,7-8H,1-3,6H2,(H,18,20)(H,19,21). The van der Waals surface area contributed by atoms with Gasteiger partial charge in [-0.05, 0) is 18.9 Å². The first-order valence-electron chi connectivity index (χ1n) is 6.46. The average Bonchev–Trinajstić information content (AvgIpc) is 2.63. The summed E-state index contributed by atoms with van der Waals surface area (Å²) in [5.41, 5.74) is -1.52. The van der Waals surface area contributed by atoms with E-state index >= 15 is 0 Å². The van der Waals surface area contributed by atoms with Gasteiger partial charge in [0.2, 0.25) is 5.91 Å². The van der Waals surface area contributed by atoms with Crippen molar-refractivity contribution in [3.8, 4) is 0 Å². The summed E-state index contributed by atoms with van der Waals surface area (Å²) in [5.74, 6) is -0.945. The van der Waals surface area contributed by atoms with Gasteiger partial charge in [-0.2, -0.15) is 13.2 Å². The number of amides is 2. The van der Waals surface area contributed by atoms with Gasteiger partial charge in [-0.15, -0.1) is 0 Å². The van der Waals surface area contributed by atoms with Crippen LogP contribution in [0.1, 0.15) is 35.2 Å². The largest absolute Gasteiger partial charge is 0.417 e. The molecule has 2 rings (SSSR count). The fourth-order valence-electron chi connectivity index (χ4n) is 2.15. The number of nitrogens with zero attached hydrogens (tertiary/aromatic N) is 1. The van der Waals surface area contributed by atoms with Gasteiger partial charge in [0.1, 0.15) is 0 Å². The van der Waals surface area contributed by atoms with Crippen molar-refractivity contribution in [1.29, 1.82) is 0 Å². The van der Waals surface area contributed by atoms with Crippen LogP contribution in [0.15, 0.2) is 18.5 Å². The summed E-state index contributed by atoms with van der Waals surface area (Å²) in [6.45, 7) is 0.392. The molecule has 0 radical (unpaired) electrons. The molecule has 1 aliphatic rings. The van der Waals surface area contributed by atoms with E-state index in [1.54, 1.807) is 0 Å². The van der Waals surface area contributed by atoms with Crippen LogP contribution in [0.5, 0.6) is 0 Å². The lowest BCUT2D eigenvalue weighted by Gasteiger charge is -2.17. The highest BCUT2D eigenvalue weighted by molar-refractivity contribution is 5.95. The van der Waals surface area contributed by atoms with Crippen LogP contribution in [-0.4, -0.2) is 29.4 Å². The van der Waals surface area contributed by atoms with Gasteiger partial charge in [-0.3, -0.25) is 14.6 Å². The minimum atomic E-state index is -4.61. The maximum Gasteiger partial charge on any atom is 0.417 e. The van der Waals surface area contributed by atoms with Crippen LogP contribution in [0, 0.1) is 0 Å². The van der Waals surface area contributed by atoms with Crippen molar-refractivity contribution in [3.63, 3.8) is 0 Å². The Kier molecular flexibility index (Phi) is 4.44. The predicted molar refractivity (Wildman–Crippen MR) is 67.4 cm³/mol. The van der Waals surface area contributed by atoms with Gasteiger partial charge in [0.05, 0.1) is 11.1 Å². The Hall–Kier alpha value is -2.12. The molecule has 1 atom stereocenters. The average molecular weight is 301 g/mol. The zero-order chi connectivity index (χ0) is 15.5. The van der Waals surface area contributed by atoms with Crippen LogP contribution >= 0.6 is 0 Å². The van der Waals surface area contributed by atoms with E-state index in [4.69, 9.17) is 0 Å². The number of carbonyl (C=O) groups excluding carboxylic acids is 2. The summed E-state index contributed by atoms with van der Waals surface area (Å²) in [5, 5.41) is 5.18. The summed E-state index contributed by atoms with van der Waals surface area (Å²) in [7, 11) is 0. The Morgan fingerprint density at radius 2 is 2.14 bits per heavy atom. The fraction of sp³-hybridized carbons (Fsp3) is 0.462. The molecule has 114 valence electrons. The summed E-state index contributed by atoms with van der Waals surface area (Å²) in [6, 6.07) is 0.435. The number of hydrogen-bond donors (Lipinski definition) is 2. The summed E-state index contributed by atoms with van der Waals surface area (Å²) in [6.07, 6.45) is -1.59. The number of pyridine rings is 1. The molecule has 1 aromatic heterocycles. The van der Waals surface area contributed by atoms with Crippen molar-refractivity contribution in [1.82, 2.24) is 15.6 Å². The van der Waals surface area contributed by atoms with Crippen LogP contribution in [0.25, 0.3) is 0 Å². The number of hydrogen-bond acceptors (Lipinski definition) is 3. The molecule has 1 aliphatic heterocycles. The topological polar surface area (TPSA) is 71.1 Å². The lowest BCUT2D eigenvalue weighted by Crippen LogP contribution is -2.36. The van der Waals surface area contributed by atoms with Gasteiger partial charge < -0.3 is 10.6 Å². The second-order valence-electron chi connectivity index (χ2n) is 4.77. The number of alkyl halides is 3. The molecule has 0 bridgehead atoms. The number of rotatable bonds is 2. The van der Waals surface area contributed by atoms with E-state index in [1.165, 1.54) is 0 Å². The van der Waals surface area contributed by atoms with Gasteiger partial charge in [0.15, 0.2) is 0 Å². The Balaban J connectivity index is 2.12. The lowest BCUT2D eigenvalue weighted by molar-refractivity contribution is -0.138. The van der Waals surface area contributed by atoms with E-state index in [0.29, 0.717) is 19.4 Å². The maximum absolute atomic E-state index is 12.8. The maximum atomic E-state index is 12.8.